The topological polar surface area (TPSA) is 98.7 Å². The van der Waals surface area contributed by atoms with Crippen LogP contribution in [0.3, 0.4) is 0 Å². The number of carboxylic acid groups (broad SMARTS) is 1. The average Bonchev–Trinajstić information content (AvgIpc) is 2.29. The molecule has 1 heterocycles. The van der Waals surface area contributed by atoms with Crippen LogP contribution in [0.2, 0.25) is 0 Å². The van der Waals surface area contributed by atoms with Gasteiger partial charge in [-0.3, -0.25) is 19.3 Å². The number of piperazine rings is 1. The molecule has 1 aliphatic heterocycles. The number of amides is 2. The second-order valence-electron chi connectivity index (χ2n) is 4.27. The molecule has 1 atom stereocenters. The number of nitrogens with zero attached hydrogens (tertiary/aromatic N) is 1. The first-order valence-electron chi connectivity index (χ1n) is 6.04. The van der Waals surface area contributed by atoms with Crippen molar-refractivity contribution in [3.8, 4) is 0 Å². The lowest BCUT2D eigenvalue weighted by molar-refractivity contribution is -0.146. The van der Waals surface area contributed by atoms with Gasteiger partial charge in [-0.2, -0.15) is 0 Å². The molecule has 7 nitrogen and oxygen atoms in total. The van der Waals surface area contributed by atoms with Gasteiger partial charge in [0, 0.05) is 13.1 Å². The zero-order chi connectivity index (χ0) is 13.5. The summed E-state index contributed by atoms with van der Waals surface area (Å²) < 4.78 is 0. The third kappa shape index (κ3) is 4.33. The standard InChI is InChI=1S/C11H19N3O4/c1-2-3-4-12-9(15)6-14-7-10(16)13-5-8(14)11(17)18/h8H,2-7H2,1H3,(H,12,15)(H,13,16)(H,17,18). The minimum Gasteiger partial charge on any atom is -0.480 e. The van der Waals surface area contributed by atoms with Crippen LogP contribution in [0.1, 0.15) is 19.8 Å². The van der Waals surface area contributed by atoms with E-state index in [1.54, 1.807) is 0 Å². The highest BCUT2D eigenvalue weighted by atomic mass is 16.4. The molecular weight excluding hydrogens is 238 g/mol. The van der Waals surface area contributed by atoms with Crippen molar-refractivity contribution < 1.29 is 19.5 Å². The number of carboxylic acids is 1. The number of hydrogen-bond donors (Lipinski definition) is 3. The van der Waals surface area contributed by atoms with Gasteiger partial charge in [0.05, 0.1) is 13.1 Å². The molecule has 7 heteroatoms. The molecule has 1 aliphatic rings. The van der Waals surface area contributed by atoms with Gasteiger partial charge >= 0.3 is 5.97 Å². The van der Waals surface area contributed by atoms with Crippen molar-refractivity contribution in [1.82, 2.24) is 15.5 Å². The third-order valence-electron chi connectivity index (χ3n) is 2.76. The van der Waals surface area contributed by atoms with Crippen LogP contribution >= 0.6 is 0 Å². The number of unbranched alkanes of at least 4 members (excludes halogenated alkanes) is 1. The Hall–Kier alpha value is -1.63. The lowest BCUT2D eigenvalue weighted by Crippen LogP contribution is -2.59. The predicted molar refractivity (Wildman–Crippen MR) is 63.9 cm³/mol. The van der Waals surface area contributed by atoms with E-state index in [0.29, 0.717) is 6.54 Å². The Balaban J connectivity index is 2.47. The van der Waals surface area contributed by atoms with Crippen LogP contribution in [0.15, 0.2) is 0 Å². The first-order chi connectivity index (χ1) is 8.54. The molecule has 0 bridgehead atoms. The van der Waals surface area contributed by atoms with Gasteiger partial charge in [-0.15, -0.1) is 0 Å². The summed E-state index contributed by atoms with van der Waals surface area (Å²) in [5.74, 6) is -1.53. The summed E-state index contributed by atoms with van der Waals surface area (Å²) >= 11 is 0. The van der Waals surface area contributed by atoms with Crippen LogP contribution < -0.4 is 10.6 Å². The average molecular weight is 257 g/mol. The molecule has 0 aliphatic carbocycles. The minimum atomic E-state index is -1.03. The molecule has 0 aromatic heterocycles. The van der Waals surface area contributed by atoms with Gasteiger partial charge in [0.15, 0.2) is 0 Å². The zero-order valence-corrected chi connectivity index (χ0v) is 10.4. The van der Waals surface area contributed by atoms with Gasteiger partial charge in [-0.1, -0.05) is 13.3 Å². The Morgan fingerprint density at radius 2 is 2.28 bits per heavy atom. The molecule has 18 heavy (non-hydrogen) atoms. The quantitative estimate of drug-likeness (QED) is 0.518. The lowest BCUT2D eigenvalue weighted by atomic mass is 10.2. The van der Waals surface area contributed by atoms with Gasteiger partial charge in [0.1, 0.15) is 6.04 Å². The van der Waals surface area contributed by atoms with Crippen molar-refractivity contribution in [2.75, 3.05) is 26.2 Å². The number of rotatable bonds is 6. The van der Waals surface area contributed by atoms with Gasteiger partial charge in [0.2, 0.25) is 11.8 Å². The first-order valence-corrected chi connectivity index (χ1v) is 6.04. The Morgan fingerprint density at radius 3 is 2.89 bits per heavy atom. The molecule has 3 N–H and O–H groups in total. The van der Waals surface area contributed by atoms with E-state index < -0.39 is 12.0 Å². The predicted octanol–water partition coefficient (Wildman–Crippen LogP) is -1.21. The van der Waals surface area contributed by atoms with E-state index in [2.05, 4.69) is 10.6 Å². The van der Waals surface area contributed by atoms with Crippen LogP contribution in [0, 0.1) is 0 Å². The maximum absolute atomic E-state index is 11.6. The van der Waals surface area contributed by atoms with Crippen molar-refractivity contribution in [3.63, 3.8) is 0 Å². The highest BCUT2D eigenvalue weighted by Gasteiger charge is 2.32. The summed E-state index contributed by atoms with van der Waals surface area (Å²) in [5, 5.41) is 14.2. The molecule has 2 amide bonds. The molecule has 1 fully saturated rings. The summed E-state index contributed by atoms with van der Waals surface area (Å²) in [5.41, 5.74) is 0. The third-order valence-corrected chi connectivity index (χ3v) is 2.76. The largest absolute Gasteiger partial charge is 0.480 e. The molecule has 0 aromatic rings. The number of aliphatic carboxylic acids is 1. The summed E-state index contributed by atoms with van der Waals surface area (Å²) in [7, 11) is 0. The van der Waals surface area contributed by atoms with E-state index in [0.717, 1.165) is 12.8 Å². The highest BCUT2D eigenvalue weighted by Crippen LogP contribution is 2.03. The van der Waals surface area contributed by atoms with Crippen LogP contribution in [-0.4, -0.2) is 60.0 Å². The molecule has 1 rings (SSSR count). The van der Waals surface area contributed by atoms with Gasteiger partial charge in [-0.25, -0.2) is 0 Å². The zero-order valence-electron chi connectivity index (χ0n) is 10.4. The SMILES string of the molecule is CCCCNC(=O)CN1CC(=O)NCC1C(=O)O. The van der Waals surface area contributed by atoms with E-state index in [-0.39, 0.29) is 31.4 Å². The smallest absolute Gasteiger partial charge is 0.322 e. The molecule has 1 unspecified atom stereocenters. The highest BCUT2D eigenvalue weighted by molar-refractivity contribution is 5.85. The molecule has 102 valence electrons. The van der Waals surface area contributed by atoms with E-state index in [1.807, 2.05) is 6.92 Å². The summed E-state index contributed by atoms with van der Waals surface area (Å²) in [6, 6.07) is -0.834. The fourth-order valence-corrected chi connectivity index (χ4v) is 1.74. The molecule has 0 spiro atoms. The van der Waals surface area contributed by atoms with E-state index in [1.165, 1.54) is 4.90 Å². The summed E-state index contributed by atoms with van der Waals surface area (Å²) in [6.07, 6.45) is 1.86. The summed E-state index contributed by atoms with van der Waals surface area (Å²) in [6.45, 7) is 2.51. The Kier molecular flexibility index (Phi) is 5.57. The Morgan fingerprint density at radius 1 is 1.56 bits per heavy atom. The summed E-state index contributed by atoms with van der Waals surface area (Å²) in [4.78, 5) is 35.2. The second kappa shape index (κ2) is 6.95. The van der Waals surface area contributed by atoms with Crippen LogP contribution in [0.5, 0.6) is 0 Å². The molecule has 1 saturated heterocycles. The maximum Gasteiger partial charge on any atom is 0.322 e. The Bertz CT molecular complexity index is 332. The number of carbonyl (C=O) groups excluding carboxylic acids is 2. The maximum atomic E-state index is 11.6. The van der Waals surface area contributed by atoms with Gasteiger partial charge in [-0.05, 0) is 6.42 Å². The van der Waals surface area contributed by atoms with Crippen molar-refractivity contribution in [1.29, 1.82) is 0 Å². The van der Waals surface area contributed by atoms with Crippen LogP contribution in [0.4, 0.5) is 0 Å². The van der Waals surface area contributed by atoms with Crippen LogP contribution in [-0.2, 0) is 14.4 Å². The van der Waals surface area contributed by atoms with Gasteiger partial charge < -0.3 is 15.7 Å². The number of nitrogens with one attached hydrogen (secondary N) is 2. The molecular formula is C11H19N3O4. The van der Waals surface area contributed by atoms with E-state index in [9.17, 15) is 14.4 Å². The second-order valence-corrected chi connectivity index (χ2v) is 4.27. The molecule has 0 saturated carbocycles. The fraction of sp³-hybridized carbons (Fsp3) is 0.727. The van der Waals surface area contributed by atoms with Crippen molar-refractivity contribution in [2.45, 2.75) is 25.8 Å². The van der Waals surface area contributed by atoms with E-state index in [4.69, 9.17) is 5.11 Å². The molecule has 0 radical (unpaired) electrons. The van der Waals surface area contributed by atoms with Crippen molar-refractivity contribution in [3.05, 3.63) is 0 Å². The number of hydrogen-bond acceptors (Lipinski definition) is 4. The normalized spacial score (nSPS) is 20.3. The van der Waals surface area contributed by atoms with Crippen molar-refractivity contribution >= 4 is 17.8 Å². The minimum absolute atomic E-state index is 0.0381. The first kappa shape index (κ1) is 14.4. The number of carbonyl (C=O) groups is 3. The van der Waals surface area contributed by atoms with Crippen LogP contribution in [0.25, 0.3) is 0 Å². The van der Waals surface area contributed by atoms with Crippen molar-refractivity contribution in [2.24, 2.45) is 0 Å². The monoisotopic (exact) mass is 257 g/mol. The van der Waals surface area contributed by atoms with Gasteiger partial charge in [0.25, 0.3) is 0 Å². The lowest BCUT2D eigenvalue weighted by Gasteiger charge is -2.31. The Labute approximate surface area is 106 Å². The van der Waals surface area contributed by atoms with E-state index >= 15 is 0 Å². The fourth-order valence-electron chi connectivity index (χ4n) is 1.74. The molecule has 0 aromatic carbocycles.